The van der Waals surface area contributed by atoms with Gasteiger partial charge in [-0.1, -0.05) is 40.2 Å². The first-order valence-electron chi connectivity index (χ1n) is 4.81. The minimum absolute atomic E-state index is 0.283. The SMILES string of the molecule is BC(C)(C)C(=C)CCC(C)(C)C. The topological polar surface area (TPSA) is 0 Å². The van der Waals surface area contributed by atoms with Crippen molar-refractivity contribution < 1.29 is 0 Å². The van der Waals surface area contributed by atoms with E-state index >= 15 is 0 Å². The average Bonchev–Trinajstić information content (AvgIpc) is 1.78. The van der Waals surface area contributed by atoms with E-state index in [1.807, 2.05) is 0 Å². The summed E-state index contributed by atoms with van der Waals surface area (Å²) in [5.74, 6) is 0. The van der Waals surface area contributed by atoms with Crippen molar-refractivity contribution >= 4 is 7.85 Å². The third-order valence-electron chi connectivity index (χ3n) is 2.24. The Balaban J connectivity index is 3.90. The molecule has 0 aromatic carbocycles. The predicted octanol–water partition coefficient (Wildman–Crippen LogP) is 3.20. The van der Waals surface area contributed by atoms with E-state index in [1.54, 1.807) is 0 Å². The summed E-state index contributed by atoms with van der Waals surface area (Å²) >= 11 is 0. The highest BCUT2D eigenvalue weighted by Gasteiger charge is 2.17. The molecular formula is C11H23B. The highest BCUT2D eigenvalue weighted by molar-refractivity contribution is 6.16. The van der Waals surface area contributed by atoms with Crippen LogP contribution >= 0.6 is 0 Å². The first-order valence-corrected chi connectivity index (χ1v) is 4.81. The highest BCUT2D eigenvalue weighted by atomic mass is 14.2. The van der Waals surface area contributed by atoms with E-state index in [0.717, 1.165) is 6.42 Å². The van der Waals surface area contributed by atoms with Gasteiger partial charge in [0.25, 0.3) is 0 Å². The Morgan fingerprint density at radius 1 is 1.17 bits per heavy atom. The van der Waals surface area contributed by atoms with Gasteiger partial charge in [-0.15, -0.1) is 6.58 Å². The van der Waals surface area contributed by atoms with Gasteiger partial charge < -0.3 is 0 Å². The first-order chi connectivity index (χ1) is 5.13. The van der Waals surface area contributed by atoms with Gasteiger partial charge in [0.15, 0.2) is 0 Å². The maximum absolute atomic E-state index is 4.13. The lowest BCUT2D eigenvalue weighted by atomic mass is 9.65. The summed E-state index contributed by atoms with van der Waals surface area (Å²) in [6.07, 6.45) is 2.40. The third-order valence-corrected chi connectivity index (χ3v) is 2.24. The Bertz CT molecular complexity index is 155. The zero-order valence-corrected chi connectivity index (χ0v) is 9.62. The van der Waals surface area contributed by atoms with Crippen molar-refractivity contribution in [3.05, 3.63) is 12.2 Å². The van der Waals surface area contributed by atoms with Crippen LogP contribution in [0.1, 0.15) is 47.5 Å². The second-order valence-corrected chi connectivity index (χ2v) is 5.91. The molecule has 0 N–H and O–H groups in total. The van der Waals surface area contributed by atoms with Crippen LogP contribution < -0.4 is 0 Å². The molecule has 0 aromatic heterocycles. The second-order valence-electron chi connectivity index (χ2n) is 5.91. The Hall–Kier alpha value is -0.195. The van der Waals surface area contributed by atoms with Gasteiger partial charge in [-0.05, 0) is 23.6 Å². The number of hydrogen-bond acceptors (Lipinski definition) is 0. The van der Waals surface area contributed by atoms with Crippen LogP contribution in [0.25, 0.3) is 0 Å². The van der Waals surface area contributed by atoms with E-state index in [0.29, 0.717) is 5.41 Å². The molecule has 0 saturated carbocycles. The van der Waals surface area contributed by atoms with Crippen LogP contribution in [0.15, 0.2) is 12.2 Å². The van der Waals surface area contributed by atoms with E-state index in [4.69, 9.17) is 0 Å². The smallest absolute Gasteiger partial charge is 0.100 e. The quantitative estimate of drug-likeness (QED) is 0.446. The van der Waals surface area contributed by atoms with Gasteiger partial charge in [0, 0.05) is 0 Å². The molecule has 0 heterocycles. The monoisotopic (exact) mass is 166 g/mol. The molecule has 0 aromatic rings. The van der Waals surface area contributed by atoms with Gasteiger partial charge in [-0.3, -0.25) is 0 Å². The molecule has 0 bridgehead atoms. The molecule has 0 aliphatic carbocycles. The summed E-state index contributed by atoms with van der Waals surface area (Å²) in [7, 11) is 2.23. The second kappa shape index (κ2) is 3.68. The van der Waals surface area contributed by atoms with Gasteiger partial charge in [0.1, 0.15) is 7.85 Å². The number of rotatable bonds is 3. The van der Waals surface area contributed by atoms with Gasteiger partial charge in [0.05, 0.1) is 0 Å². The summed E-state index contributed by atoms with van der Waals surface area (Å²) in [4.78, 5) is 0. The van der Waals surface area contributed by atoms with E-state index in [-0.39, 0.29) is 5.31 Å². The lowest BCUT2D eigenvalue weighted by molar-refractivity contribution is 0.373. The summed E-state index contributed by atoms with van der Waals surface area (Å²) in [5.41, 5.74) is 1.81. The van der Waals surface area contributed by atoms with E-state index in [9.17, 15) is 0 Å². The maximum Gasteiger partial charge on any atom is 0.114 e. The molecule has 0 unspecified atom stereocenters. The first kappa shape index (κ1) is 11.8. The number of hydrogen-bond donors (Lipinski definition) is 0. The summed E-state index contributed by atoms with van der Waals surface area (Å²) in [6.45, 7) is 15.4. The fourth-order valence-corrected chi connectivity index (χ4v) is 0.901. The van der Waals surface area contributed by atoms with Crippen molar-refractivity contribution in [3.8, 4) is 0 Å². The molecule has 1 heteroatoms. The van der Waals surface area contributed by atoms with Gasteiger partial charge >= 0.3 is 0 Å². The fraction of sp³-hybridized carbons (Fsp3) is 0.818. The van der Waals surface area contributed by atoms with Crippen LogP contribution in [0.3, 0.4) is 0 Å². The zero-order chi connectivity index (χ0) is 9.99. The van der Waals surface area contributed by atoms with E-state index < -0.39 is 0 Å². The molecule has 70 valence electrons. The molecule has 0 fully saturated rings. The average molecular weight is 166 g/mol. The molecule has 0 radical (unpaired) electrons. The number of allylic oxidation sites excluding steroid dienone is 1. The Morgan fingerprint density at radius 3 is 1.83 bits per heavy atom. The van der Waals surface area contributed by atoms with Crippen molar-refractivity contribution in [2.75, 3.05) is 0 Å². The molecule has 0 rings (SSSR count). The maximum atomic E-state index is 4.13. The Morgan fingerprint density at radius 2 is 1.58 bits per heavy atom. The molecule has 0 spiro atoms. The Kier molecular flexibility index (Phi) is 3.62. The van der Waals surface area contributed by atoms with Crippen molar-refractivity contribution in [1.82, 2.24) is 0 Å². The van der Waals surface area contributed by atoms with E-state index in [1.165, 1.54) is 12.0 Å². The van der Waals surface area contributed by atoms with E-state index in [2.05, 4.69) is 49.0 Å². The third kappa shape index (κ3) is 5.45. The molecule has 0 nitrogen and oxygen atoms in total. The van der Waals surface area contributed by atoms with Crippen LogP contribution in [0.4, 0.5) is 0 Å². The highest BCUT2D eigenvalue weighted by Crippen LogP contribution is 2.34. The van der Waals surface area contributed by atoms with Crippen LogP contribution in [0, 0.1) is 5.41 Å². The lowest BCUT2D eigenvalue weighted by Gasteiger charge is -2.25. The Labute approximate surface area is 78.9 Å². The molecule has 0 saturated heterocycles. The largest absolute Gasteiger partial charge is 0.114 e. The standard InChI is InChI=1S/C11H23B/c1-9(11(5,6)12)7-8-10(2,3)4/h1,7-8,12H2,2-6H3. The fourth-order valence-electron chi connectivity index (χ4n) is 0.901. The molecule has 12 heavy (non-hydrogen) atoms. The van der Waals surface area contributed by atoms with Crippen LogP contribution in [0.2, 0.25) is 5.31 Å². The predicted molar refractivity (Wildman–Crippen MR) is 60.4 cm³/mol. The van der Waals surface area contributed by atoms with Gasteiger partial charge in [-0.2, -0.15) is 0 Å². The van der Waals surface area contributed by atoms with Crippen LogP contribution in [-0.4, -0.2) is 7.85 Å². The van der Waals surface area contributed by atoms with Crippen LogP contribution in [-0.2, 0) is 0 Å². The van der Waals surface area contributed by atoms with Crippen molar-refractivity contribution in [2.45, 2.75) is 52.8 Å². The normalized spacial score (nSPS) is 13.1. The van der Waals surface area contributed by atoms with Gasteiger partial charge in [0.2, 0.25) is 0 Å². The van der Waals surface area contributed by atoms with Crippen molar-refractivity contribution in [3.63, 3.8) is 0 Å². The molecule has 0 aliphatic rings. The summed E-state index contributed by atoms with van der Waals surface area (Å²) in [5, 5.41) is 0.283. The lowest BCUT2D eigenvalue weighted by Crippen LogP contribution is -2.10. The van der Waals surface area contributed by atoms with Crippen molar-refractivity contribution in [1.29, 1.82) is 0 Å². The summed E-state index contributed by atoms with van der Waals surface area (Å²) < 4.78 is 0. The zero-order valence-electron chi connectivity index (χ0n) is 9.62. The molecule has 0 aliphatic heterocycles. The minimum Gasteiger partial charge on any atom is -0.100 e. The molecule has 0 atom stereocenters. The minimum atomic E-state index is 0.283. The van der Waals surface area contributed by atoms with Crippen molar-refractivity contribution in [2.24, 2.45) is 5.41 Å². The van der Waals surface area contributed by atoms with Gasteiger partial charge in [-0.25, -0.2) is 0 Å². The summed E-state index contributed by atoms with van der Waals surface area (Å²) in [6, 6.07) is 0. The van der Waals surface area contributed by atoms with Crippen LogP contribution in [0.5, 0.6) is 0 Å². The molecule has 0 amide bonds. The molecular weight excluding hydrogens is 143 g/mol.